The maximum atomic E-state index is 12.2. The van der Waals surface area contributed by atoms with Gasteiger partial charge in [0.2, 0.25) is 5.88 Å². The Morgan fingerprint density at radius 2 is 1.95 bits per heavy atom. The highest BCUT2D eigenvalue weighted by atomic mass is 16.5. The lowest BCUT2D eigenvalue weighted by Gasteiger charge is -2.30. The first-order valence-corrected chi connectivity index (χ1v) is 7.22. The minimum absolute atomic E-state index is 0.264. The molecule has 0 radical (unpaired) electrons. The van der Waals surface area contributed by atoms with E-state index >= 15 is 0 Å². The van der Waals surface area contributed by atoms with Crippen LogP contribution in [-0.4, -0.2) is 18.1 Å². The van der Waals surface area contributed by atoms with Gasteiger partial charge in [0, 0.05) is 6.07 Å². The van der Waals surface area contributed by atoms with Crippen molar-refractivity contribution in [3.8, 4) is 5.88 Å². The summed E-state index contributed by atoms with van der Waals surface area (Å²) in [5, 5.41) is 5.81. The Bertz CT molecular complexity index is 614. The van der Waals surface area contributed by atoms with Crippen LogP contribution in [0.2, 0.25) is 0 Å². The Morgan fingerprint density at radius 3 is 2.50 bits per heavy atom. The molecular formula is C17H21N3O2. The van der Waals surface area contributed by atoms with Crippen LogP contribution in [0.4, 0.5) is 10.5 Å². The van der Waals surface area contributed by atoms with Gasteiger partial charge in [0.25, 0.3) is 0 Å². The summed E-state index contributed by atoms with van der Waals surface area (Å²) in [6.07, 6.45) is 2.34. The molecule has 1 aromatic carbocycles. The highest BCUT2D eigenvalue weighted by Gasteiger charge is 2.26. The third-order valence-electron chi connectivity index (χ3n) is 3.71. The monoisotopic (exact) mass is 299 g/mol. The summed E-state index contributed by atoms with van der Waals surface area (Å²) in [4.78, 5) is 16.3. The molecule has 2 amide bonds. The minimum Gasteiger partial charge on any atom is -0.481 e. The smallest absolute Gasteiger partial charge is 0.319 e. The summed E-state index contributed by atoms with van der Waals surface area (Å²) in [7, 11) is 1.55. The first kappa shape index (κ1) is 15.8. The Hall–Kier alpha value is -2.56. The molecule has 2 aromatic rings. The SMILES string of the molecule is CC[C@@](C)(NC(=O)Nc1ccc(OC)nc1)c1ccccc1. The van der Waals surface area contributed by atoms with E-state index in [0.29, 0.717) is 11.6 Å². The Morgan fingerprint density at radius 1 is 1.23 bits per heavy atom. The summed E-state index contributed by atoms with van der Waals surface area (Å²) in [6, 6.07) is 13.1. The topological polar surface area (TPSA) is 63.2 Å². The minimum atomic E-state index is -0.425. The quantitative estimate of drug-likeness (QED) is 0.887. The van der Waals surface area contributed by atoms with Crippen molar-refractivity contribution in [3.05, 3.63) is 54.2 Å². The van der Waals surface area contributed by atoms with Crippen LogP contribution in [0.3, 0.4) is 0 Å². The Balaban J connectivity index is 2.06. The lowest BCUT2D eigenvalue weighted by Crippen LogP contribution is -2.45. The number of rotatable bonds is 5. The number of hydrogen-bond acceptors (Lipinski definition) is 3. The number of ether oxygens (including phenoxy) is 1. The van der Waals surface area contributed by atoms with Gasteiger partial charge in [0.1, 0.15) is 0 Å². The number of methoxy groups -OCH3 is 1. The van der Waals surface area contributed by atoms with Crippen molar-refractivity contribution in [1.82, 2.24) is 10.3 Å². The van der Waals surface area contributed by atoms with Crippen molar-refractivity contribution in [3.63, 3.8) is 0 Å². The second kappa shape index (κ2) is 6.93. The molecule has 1 atom stereocenters. The van der Waals surface area contributed by atoms with Gasteiger partial charge in [-0.1, -0.05) is 37.3 Å². The zero-order valence-corrected chi connectivity index (χ0v) is 13.1. The van der Waals surface area contributed by atoms with Crippen molar-refractivity contribution in [2.75, 3.05) is 12.4 Å². The molecule has 0 bridgehead atoms. The van der Waals surface area contributed by atoms with E-state index < -0.39 is 5.54 Å². The van der Waals surface area contributed by atoms with Gasteiger partial charge >= 0.3 is 6.03 Å². The second-order valence-corrected chi connectivity index (χ2v) is 5.22. The van der Waals surface area contributed by atoms with E-state index in [0.717, 1.165) is 12.0 Å². The molecular weight excluding hydrogens is 278 g/mol. The van der Waals surface area contributed by atoms with Gasteiger partial charge in [-0.05, 0) is 25.0 Å². The largest absolute Gasteiger partial charge is 0.481 e. The van der Waals surface area contributed by atoms with E-state index in [2.05, 4.69) is 15.6 Å². The summed E-state index contributed by atoms with van der Waals surface area (Å²) in [6.45, 7) is 4.05. The lowest BCUT2D eigenvalue weighted by molar-refractivity contribution is 0.238. The molecule has 0 unspecified atom stereocenters. The summed E-state index contributed by atoms with van der Waals surface area (Å²) in [5.74, 6) is 0.508. The van der Waals surface area contributed by atoms with Crippen LogP contribution in [0, 0.1) is 0 Å². The molecule has 116 valence electrons. The predicted molar refractivity (Wildman–Crippen MR) is 87.0 cm³/mol. The van der Waals surface area contributed by atoms with Gasteiger partial charge in [0.05, 0.1) is 24.5 Å². The number of amides is 2. The van der Waals surface area contributed by atoms with Gasteiger partial charge in [-0.2, -0.15) is 0 Å². The number of urea groups is 1. The molecule has 0 fully saturated rings. The number of anilines is 1. The molecule has 5 nitrogen and oxygen atoms in total. The van der Waals surface area contributed by atoms with E-state index in [1.807, 2.05) is 44.2 Å². The third kappa shape index (κ3) is 3.75. The van der Waals surface area contributed by atoms with Crippen molar-refractivity contribution in [1.29, 1.82) is 0 Å². The first-order chi connectivity index (χ1) is 10.6. The number of carbonyl (C=O) groups is 1. The summed E-state index contributed by atoms with van der Waals surface area (Å²) < 4.78 is 4.99. The molecule has 2 N–H and O–H groups in total. The van der Waals surface area contributed by atoms with Crippen LogP contribution in [0.15, 0.2) is 48.7 Å². The average Bonchev–Trinajstić information content (AvgIpc) is 2.56. The second-order valence-electron chi connectivity index (χ2n) is 5.22. The van der Waals surface area contributed by atoms with Crippen molar-refractivity contribution in [2.24, 2.45) is 0 Å². The fourth-order valence-corrected chi connectivity index (χ4v) is 2.16. The van der Waals surface area contributed by atoms with Gasteiger partial charge in [-0.25, -0.2) is 9.78 Å². The van der Waals surface area contributed by atoms with E-state index in [9.17, 15) is 4.79 Å². The maximum absolute atomic E-state index is 12.2. The van der Waals surface area contributed by atoms with E-state index in [1.54, 1.807) is 25.4 Å². The number of aromatic nitrogens is 1. The highest BCUT2D eigenvalue weighted by molar-refractivity contribution is 5.89. The Labute approximate surface area is 130 Å². The molecule has 0 spiro atoms. The lowest BCUT2D eigenvalue weighted by atomic mass is 9.89. The van der Waals surface area contributed by atoms with Crippen molar-refractivity contribution in [2.45, 2.75) is 25.8 Å². The maximum Gasteiger partial charge on any atom is 0.319 e. The predicted octanol–water partition coefficient (Wildman–Crippen LogP) is 3.54. The summed E-state index contributed by atoms with van der Waals surface area (Å²) >= 11 is 0. The zero-order valence-electron chi connectivity index (χ0n) is 13.1. The normalized spacial score (nSPS) is 13.0. The van der Waals surface area contributed by atoms with Crippen LogP contribution in [0.25, 0.3) is 0 Å². The van der Waals surface area contributed by atoms with Crippen LogP contribution in [-0.2, 0) is 5.54 Å². The van der Waals surface area contributed by atoms with Crippen LogP contribution in [0.1, 0.15) is 25.8 Å². The molecule has 5 heteroatoms. The number of carbonyl (C=O) groups excluding carboxylic acids is 1. The van der Waals surface area contributed by atoms with E-state index in [1.165, 1.54) is 0 Å². The molecule has 22 heavy (non-hydrogen) atoms. The van der Waals surface area contributed by atoms with Crippen LogP contribution in [0.5, 0.6) is 5.88 Å². The van der Waals surface area contributed by atoms with Gasteiger partial charge in [0.15, 0.2) is 0 Å². The number of pyridine rings is 1. The number of hydrogen-bond donors (Lipinski definition) is 2. The van der Waals surface area contributed by atoms with Crippen LogP contribution >= 0.6 is 0 Å². The highest BCUT2D eigenvalue weighted by Crippen LogP contribution is 2.24. The van der Waals surface area contributed by atoms with E-state index in [-0.39, 0.29) is 6.03 Å². The van der Waals surface area contributed by atoms with Crippen molar-refractivity contribution >= 4 is 11.7 Å². The van der Waals surface area contributed by atoms with Gasteiger partial charge < -0.3 is 15.4 Å². The zero-order chi connectivity index (χ0) is 16.0. The number of nitrogens with one attached hydrogen (secondary N) is 2. The molecule has 1 aromatic heterocycles. The summed E-state index contributed by atoms with van der Waals surface area (Å²) in [5.41, 5.74) is 1.26. The third-order valence-corrected chi connectivity index (χ3v) is 3.71. The number of nitrogens with zero attached hydrogens (tertiary/aromatic N) is 1. The Kier molecular flexibility index (Phi) is 4.99. The van der Waals surface area contributed by atoms with E-state index in [4.69, 9.17) is 4.74 Å². The molecule has 0 aliphatic rings. The van der Waals surface area contributed by atoms with Crippen molar-refractivity contribution < 1.29 is 9.53 Å². The molecule has 2 rings (SSSR count). The fourth-order valence-electron chi connectivity index (χ4n) is 2.16. The van der Waals surface area contributed by atoms with Crippen LogP contribution < -0.4 is 15.4 Å². The molecule has 0 saturated heterocycles. The van der Waals surface area contributed by atoms with Gasteiger partial charge in [-0.15, -0.1) is 0 Å². The molecule has 0 saturated carbocycles. The number of benzene rings is 1. The molecule has 1 heterocycles. The fraction of sp³-hybridized carbons (Fsp3) is 0.294. The van der Waals surface area contributed by atoms with Gasteiger partial charge in [-0.3, -0.25) is 0 Å². The molecule has 0 aliphatic heterocycles. The molecule has 0 aliphatic carbocycles. The first-order valence-electron chi connectivity index (χ1n) is 7.22. The standard InChI is InChI=1S/C17H21N3O2/c1-4-17(2,13-8-6-5-7-9-13)20-16(21)19-14-10-11-15(22-3)18-12-14/h5-12H,4H2,1-3H3,(H2,19,20,21)/t17-/m1/s1. The average molecular weight is 299 g/mol.